The third-order valence-electron chi connectivity index (χ3n) is 2.47. The van der Waals surface area contributed by atoms with Crippen LogP contribution in [-0.4, -0.2) is 9.91 Å². The van der Waals surface area contributed by atoms with E-state index in [-0.39, 0.29) is 10.6 Å². The van der Waals surface area contributed by atoms with Crippen molar-refractivity contribution in [3.8, 4) is 0 Å². The number of hydrogen-bond acceptors (Lipinski definition) is 4. The van der Waals surface area contributed by atoms with Gasteiger partial charge < -0.3 is 0 Å². The minimum atomic E-state index is -0.357. The molecule has 0 saturated heterocycles. The highest BCUT2D eigenvalue weighted by molar-refractivity contribution is 7.12. The molecule has 4 nitrogen and oxygen atoms in total. The summed E-state index contributed by atoms with van der Waals surface area (Å²) in [6.07, 6.45) is 1.59. The summed E-state index contributed by atoms with van der Waals surface area (Å²) in [5.74, 6) is 0. The van der Waals surface area contributed by atoms with Crippen LogP contribution in [0.5, 0.6) is 0 Å². The van der Waals surface area contributed by atoms with Gasteiger partial charge in [0.05, 0.1) is 26.1 Å². The topological polar surface area (TPSA) is 56.0 Å². The highest BCUT2D eigenvalue weighted by atomic mass is 32.1. The summed E-state index contributed by atoms with van der Waals surface area (Å²) in [5.41, 5.74) is 1.53. The van der Waals surface area contributed by atoms with Gasteiger partial charge in [0.2, 0.25) is 0 Å². The van der Waals surface area contributed by atoms with Gasteiger partial charge in [0.1, 0.15) is 0 Å². The van der Waals surface area contributed by atoms with Gasteiger partial charge in [-0.15, -0.1) is 11.3 Å². The Hall–Kier alpha value is -2.01. The zero-order chi connectivity index (χ0) is 13.1. The van der Waals surface area contributed by atoms with E-state index in [0.717, 1.165) is 15.6 Å². The first kappa shape index (κ1) is 12.4. The van der Waals surface area contributed by atoms with E-state index in [1.165, 1.54) is 11.3 Å². The minimum absolute atomic E-state index is 0.0994. The molecular weight excluding hydrogens is 248 g/mol. The summed E-state index contributed by atoms with van der Waals surface area (Å²) in [4.78, 5) is 15.9. The first-order chi connectivity index (χ1) is 8.58. The maximum Gasteiger partial charge on any atom is 0.278 e. The number of benzene rings is 1. The molecule has 18 heavy (non-hydrogen) atoms. The Morgan fingerprint density at radius 1 is 1.33 bits per heavy atom. The second kappa shape index (κ2) is 5.10. The largest absolute Gasteiger partial charge is 0.278 e. The maximum absolute atomic E-state index is 11.1. The molecule has 0 fully saturated rings. The van der Waals surface area contributed by atoms with E-state index in [2.05, 4.69) is 4.98 Å². The molecule has 0 aliphatic carbocycles. The molecule has 1 heterocycles. The van der Waals surface area contributed by atoms with E-state index < -0.39 is 0 Å². The van der Waals surface area contributed by atoms with Crippen LogP contribution in [0, 0.1) is 24.0 Å². The SMILES string of the molecule is Cc1nc(C)c(C=C(c2ccccc2)[N+](=O)[O-])s1. The molecule has 92 valence electrons. The van der Waals surface area contributed by atoms with E-state index >= 15 is 0 Å². The van der Waals surface area contributed by atoms with Crippen LogP contribution in [0.1, 0.15) is 21.1 Å². The normalized spacial score (nSPS) is 11.6. The van der Waals surface area contributed by atoms with Crippen molar-refractivity contribution in [1.82, 2.24) is 4.98 Å². The van der Waals surface area contributed by atoms with E-state index in [0.29, 0.717) is 5.56 Å². The summed E-state index contributed by atoms with van der Waals surface area (Å²) >= 11 is 1.46. The van der Waals surface area contributed by atoms with Crippen LogP contribution < -0.4 is 0 Å². The fraction of sp³-hybridized carbons (Fsp3) is 0.154. The summed E-state index contributed by atoms with van der Waals surface area (Å²) in [6.45, 7) is 3.75. The molecule has 0 saturated carbocycles. The molecule has 2 aromatic rings. The van der Waals surface area contributed by atoms with Gasteiger partial charge in [0.25, 0.3) is 5.70 Å². The van der Waals surface area contributed by atoms with Gasteiger partial charge in [-0.3, -0.25) is 10.1 Å². The Labute approximate surface area is 109 Å². The molecule has 0 unspecified atom stereocenters. The second-order valence-electron chi connectivity index (χ2n) is 3.84. The molecule has 0 spiro atoms. The van der Waals surface area contributed by atoms with Crippen LogP contribution in [0.3, 0.4) is 0 Å². The lowest BCUT2D eigenvalue weighted by molar-refractivity contribution is -0.374. The number of thiazole rings is 1. The van der Waals surface area contributed by atoms with Crippen LogP contribution in [0.25, 0.3) is 11.8 Å². The van der Waals surface area contributed by atoms with Crippen molar-refractivity contribution >= 4 is 23.1 Å². The third kappa shape index (κ3) is 2.62. The Morgan fingerprint density at radius 3 is 2.50 bits per heavy atom. The van der Waals surface area contributed by atoms with Crippen LogP contribution in [0.15, 0.2) is 30.3 Å². The van der Waals surface area contributed by atoms with Gasteiger partial charge in [0, 0.05) is 6.08 Å². The van der Waals surface area contributed by atoms with Gasteiger partial charge >= 0.3 is 0 Å². The number of rotatable bonds is 3. The fourth-order valence-corrected chi connectivity index (χ4v) is 2.52. The predicted molar refractivity (Wildman–Crippen MR) is 72.9 cm³/mol. The van der Waals surface area contributed by atoms with Crippen molar-refractivity contribution in [3.05, 3.63) is 61.6 Å². The van der Waals surface area contributed by atoms with E-state index in [4.69, 9.17) is 0 Å². The van der Waals surface area contributed by atoms with Crippen LogP contribution in [-0.2, 0) is 0 Å². The molecule has 0 atom stereocenters. The number of nitro groups is 1. The van der Waals surface area contributed by atoms with Crippen molar-refractivity contribution in [2.75, 3.05) is 0 Å². The Bertz CT molecular complexity index is 603. The summed E-state index contributed by atoms with van der Waals surface area (Å²) in [7, 11) is 0. The second-order valence-corrected chi connectivity index (χ2v) is 5.07. The average molecular weight is 260 g/mol. The van der Waals surface area contributed by atoms with E-state index in [1.807, 2.05) is 19.9 Å². The van der Waals surface area contributed by atoms with Crippen molar-refractivity contribution in [2.45, 2.75) is 13.8 Å². The predicted octanol–water partition coefficient (Wildman–Crippen LogP) is 3.53. The van der Waals surface area contributed by atoms with E-state index in [1.54, 1.807) is 30.3 Å². The summed E-state index contributed by atoms with van der Waals surface area (Å²) in [5, 5.41) is 12.1. The standard InChI is InChI=1S/C13H12N2O2S/c1-9-13(18-10(2)14-9)8-12(15(16)17)11-6-4-3-5-7-11/h3-8H,1-2H3. The molecular formula is C13H12N2O2S. The Morgan fingerprint density at radius 2 is 2.00 bits per heavy atom. The lowest BCUT2D eigenvalue weighted by atomic mass is 10.1. The van der Waals surface area contributed by atoms with Crippen molar-refractivity contribution in [3.63, 3.8) is 0 Å². The zero-order valence-electron chi connectivity index (χ0n) is 10.1. The number of nitrogens with zero attached hydrogens (tertiary/aromatic N) is 2. The first-order valence-electron chi connectivity index (χ1n) is 5.43. The molecule has 1 aromatic heterocycles. The first-order valence-corrected chi connectivity index (χ1v) is 6.25. The molecule has 2 rings (SSSR count). The van der Waals surface area contributed by atoms with Crippen molar-refractivity contribution < 1.29 is 4.92 Å². The van der Waals surface area contributed by atoms with Gasteiger partial charge in [0.15, 0.2) is 0 Å². The molecule has 5 heteroatoms. The van der Waals surface area contributed by atoms with Crippen LogP contribution >= 0.6 is 11.3 Å². The molecule has 0 aliphatic rings. The molecule has 0 radical (unpaired) electrons. The monoisotopic (exact) mass is 260 g/mol. The number of aromatic nitrogens is 1. The average Bonchev–Trinajstić information content (AvgIpc) is 2.65. The zero-order valence-corrected chi connectivity index (χ0v) is 10.9. The number of hydrogen-bond donors (Lipinski definition) is 0. The highest BCUT2D eigenvalue weighted by Gasteiger charge is 2.15. The van der Waals surface area contributed by atoms with Crippen LogP contribution in [0.4, 0.5) is 0 Å². The van der Waals surface area contributed by atoms with Gasteiger partial charge in [-0.2, -0.15) is 0 Å². The third-order valence-corrected chi connectivity index (χ3v) is 3.49. The highest BCUT2D eigenvalue weighted by Crippen LogP contribution is 2.24. The summed E-state index contributed by atoms with van der Waals surface area (Å²) < 4.78 is 0. The molecule has 0 aliphatic heterocycles. The van der Waals surface area contributed by atoms with Crippen molar-refractivity contribution in [2.24, 2.45) is 0 Å². The quantitative estimate of drug-likeness (QED) is 0.626. The Balaban J connectivity index is 2.49. The lowest BCUT2D eigenvalue weighted by Gasteiger charge is -1.98. The lowest BCUT2D eigenvalue weighted by Crippen LogP contribution is -1.97. The van der Waals surface area contributed by atoms with Gasteiger partial charge in [-0.05, 0) is 26.0 Å². The molecule has 0 bridgehead atoms. The molecule has 0 amide bonds. The minimum Gasteiger partial charge on any atom is -0.258 e. The fourth-order valence-electron chi connectivity index (χ4n) is 1.66. The van der Waals surface area contributed by atoms with E-state index in [9.17, 15) is 10.1 Å². The molecule has 1 aromatic carbocycles. The Kier molecular flexibility index (Phi) is 3.53. The smallest absolute Gasteiger partial charge is 0.258 e. The van der Waals surface area contributed by atoms with Crippen molar-refractivity contribution in [1.29, 1.82) is 0 Å². The summed E-state index contributed by atoms with van der Waals surface area (Å²) in [6, 6.07) is 8.88. The van der Waals surface area contributed by atoms with Gasteiger partial charge in [-0.25, -0.2) is 4.98 Å². The number of aryl methyl sites for hydroxylation is 2. The van der Waals surface area contributed by atoms with Crippen LogP contribution in [0.2, 0.25) is 0 Å². The van der Waals surface area contributed by atoms with Gasteiger partial charge in [-0.1, -0.05) is 18.2 Å². The molecule has 0 N–H and O–H groups in total. The maximum atomic E-state index is 11.1.